The van der Waals surface area contributed by atoms with Crippen LogP contribution in [-0.4, -0.2) is 64.1 Å². The van der Waals surface area contributed by atoms with Gasteiger partial charge in [0.25, 0.3) is 0 Å². The molecule has 2 rings (SSSR count). The molecule has 0 aromatic heterocycles. The number of nitrogens with zero attached hydrogens (tertiary/aromatic N) is 1. The molecule has 100 valence electrons. The van der Waals surface area contributed by atoms with Crippen molar-refractivity contribution in [2.24, 2.45) is 5.92 Å². The number of hydrogen-bond donors (Lipinski definition) is 1. The monoisotopic (exact) mass is 242 g/mol. The number of ether oxygens (including phenoxy) is 2. The zero-order valence-corrected chi connectivity index (χ0v) is 11.2. The molecule has 2 unspecified atom stereocenters. The van der Waals surface area contributed by atoms with Crippen molar-refractivity contribution >= 4 is 0 Å². The summed E-state index contributed by atoms with van der Waals surface area (Å²) in [7, 11) is 3.59. The van der Waals surface area contributed by atoms with Crippen molar-refractivity contribution in [3.63, 3.8) is 0 Å². The Morgan fingerprint density at radius 3 is 2.71 bits per heavy atom. The van der Waals surface area contributed by atoms with Crippen LogP contribution in [0.25, 0.3) is 0 Å². The summed E-state index contributed by atoms with van der Waals surface area (Å²) in [5, 5.41) is 3.61. The van der Waals surface area contributed by atoms with E-state index in [0.29, 0.717) is 12.0 Å². The van der Waals surface area contributed by atoms with Gasteiger partial charge in [0.15, 0.2) is 0 Å². The van der Waals surface area contributed by atoms with E-state index in [1.165, 1.54) is 25.8 Å². The Morgan fingerprint density at radius 1 is 1.24 bits per heavy atom. The van der Waals surface area contributed by atoms with Crippen LogP contribution in [0.4, 0.5) is 0 Å². The first-order chi connectivity index (χ1) is 8.33. The first-order valence-corrected chi connectivity index (χ1v) is 6.78. The minimum absolute atomic E-state index is 0.530. The van der Waals surface area contributed by atoms with E-state index in [1.54, 1.807) is 14.2 Å². The van der Waals surface area contributed by atoms with Crippen molar-refractivity contribution < 1.29 is 9.47 Å². The molecular formula is C13H26N2O2. The highest BCUT2D eigenvalue weighted by atomic mass is 16.5. The third-order valence-electron chi connectivity index (χ3n) is 3.81. The standard InChI is InChI=1S/C13H26N2O2/c1-16-9-11-5-6-15(8-11)13(10-17-2)7-14-12-3-4-12/h11-14H,3-10H2,1-2H3. The SMILES string of the molecule is COCC1CCN(C(CNC2CC2)COC)C1. The minimum Gasteiger partial charge on any atom is -0.384 e. The van der Waals surface area contributed by atoms with Crippen molar-refractivity contribution in [1.29, 1.82) is 0 Å². The molecule has 17 heavy (non-hydrogen) atoms. The minimum atomic E-state index is 0.530. The maximum atomic E-state index is 5.35. The molecule has 0 bridgehead atoms. The second-order valence-corrected chi connectivity index (χ2v) is 5.40. The molecule has 2 fully saturated rings. The van der Waals surface area contributed by atoms with Gasteiger partial charge in [-0.2, -0.15) is 0 Å². The first kappa shape index (κ1) is 13.3. The number of rotatable bonds is 8. The van der Waals surface area contributed by atoms with Gasteiger partial charge in [-0.3, -0.25) is 4.90 Å². The van der Waals surface area contributed by atoms with Crippen LogP contribution in [-0.2, 0) is 9.47 Å². The molecule has 0 radical (unpaired) electrons. The smallest absolute Gasteiger partial charge is 0.0630 e. The number of hydrogen-bond acceptors (Lipinski definition) is 4. The Kier molecular flexibility index (Phi) is 5.22. The van der Waals surface area contributed by atoms with E-state index in [4.69, 9.17) is 9.47 Å². The van der Waals surface area contributed by atoms with Gasteiger partial charge >= 0.3 is 0 Å². The molecule has 0 aromatic carbocycles. The van der Waals surface area contributed by atoms with Gasteiger partial charge < -0.3 is 14.8 Å². The van der Waals surface area contributed by atoms with Crippen molar-refractivity contribution in [2.75, 3.05) is 47.1 Å². The average molecular weight is 242 g/mol. The highest BCUT2D eigenvalue weighted by Gasteiger charge is 2.29. The van der Waals surface area contributed by atoms with Crippen molar-refractivity contribution in [3.8, 4) is 0 Å². The predicted octanol–water partition coefficient (Wildman–Crippen LogP) is 0.722. The zero-order valence-electron chi connectivity index (χ0n) is 11.2. The Morgan fingerprint density at radius 2 is 2.06 bits per heavy atom. The molecular weight excluding hydrogens is 216 g/mol. The summed E-state index contributed by atoms with van der Waals surface area (Å²) in [5.41, 5.74) is 0. The maximum Gasteiger partial charge on any atom is 0.0630 e. The fraction of sp³-hybridized carbons (Fsp3) is 1.00. The fourth-order valence-electron chi connectivity index (χ4n) is 2.64. The molecule has 1 saturated carbocycles. The van der Waals surface area contributed by atoms with E-state index >= 15 is 0 Å². The van der Waals surface area contributed by atoms with E-state index in [9.17, 15) is 0 Å². The lowest BCUT2D eigenvalue weighted by atomic mass is 10.1. The van der Waals surface area contributed by atoms with Crippen LogP contribution in [0.5, 0.6) is 0 Å². The van der Waals surface area contributed by atoms with Gasteiger partial charge in [-0.15, -0.1) is 0 Å². The average Bonchev–Trinajstić information content (AvgIpc) is 3.04. The third-order valence-corrected chi connectivity index (χ3v) is 3.81. The van der Waals surface area contributed by atoms with Crippen LogP contribution in [0.3, 0.4) is 0 Å². The Balaban J connectivity index is 1.74. The predicted molar refractivity (Wildman–Crippen MR) is 68.2 cm³/mol. The van der Waals surface area contributed by atoms with Gasteiger partial charge in [-0.05, 0) is 31.7 Å². The fourth-order valence-corrected chi connectivity index (χ4v) is 2.64. The molecule has 1 saturated heterocycles. The maximum absolute atomic E-state index is 5.35. The Labute approximate surface area is 105 Å². The third kappa shape index (κ3) is 4.21. The summed E-state index contributed by atoms with van der Waals surface area (Å²) < 4.78 is 10.6. The molecule has 1 heterocycles. The second kappa shape index (κ2) is 6.69. The Hall–Kier alpha value is -0.160. The lowest BCUT2D eigenvalue weighted by Crippen LogP contribution is -2.44. The van der Waals surface area contributed by atoms with Crippen LogP contribution < -0.4 is 5.32 Å². The lowest BCUT2D eigenvalue weighted by molar-refractivity contribution is 0.0950. The van der Waals surface area contributed by atoms with E-state index in [0.717, 1.165) is 32.3 Å². The highest BCUT2D eigenvalue weighted by molar-refractivity contribution is 4.87. The van der Waals surface area contributed by atoms with Gasteiger partial charge in [-0.25, -0.2) is 0 Å². The molecule has 0 spiro atoms. The van der Waals surface area contributed by atoms with Gasteiger partial charge in [0.2, 0.25) is 0 Å². The highest BCUT2D eigenvalue weighted by Crippen LogP contribution is 2.21. The van der Waals surface area contributed by atoms with E-state index in [2.05, 4.69) is 10.2 Å². The summed E-state index contributed by atoms with van der Waals surface area (Å²) >= 11 is 0. The molecule has 1 aliphatic heterocycles. The van der Waals surface area contributed by atoms with Gasteiger partial charge in [-0.1, -0.05) is 0 Å². The number of nitrogens with one attached hydrogen (secondary N) is 1. The molecule has 0 aromatic rings. The molecule has 2 aliphatic rings. The quantitative estimate of drug-likeness (QED) is 0.680. The summed E-state index contributed by atoms with van der Waals surface area (Å²) in [6.45, 7) is 5.15. The van der Waals surface area contributed by atoms with Crippen LogP contribution in [0.1, 0.15) is 19.3 Å². The molecule has 0 amide bonds. The van der Waals surface area contributed by atoms with Crippen molar-refractivity contribution in [1.82, 2.24) is 10.2 Å². The lowest BCUT2D eigenvalue weighted by Gasteiger charge is -2.27. The second-order valence-electron chi connectivity index (χ2n) is 5.40. The van der Waals surface area contributed by atoms with Crippen molar-refractivity contribution in [2.45, 2.75) is 31.3 Å². The molecule has 4 nitrogen and oxygen atoms in total. The van der Waals surface area contributed by atoms with Crippen LogP contribution >= 0.6 is 0 Å². The van der Waals surface area contributed by atoms with Crippen LogP contribution in [0.2, 0.25) is 0 Å². The van der Waals surface area contributed by atoms with Gasteiger partial charge in [0.1, 0.15) is 0 Å². The normalized spacial score (nSPS) is 27.5. The molecule has 2 atom stereocenters. The number of methoxy groups -OCH3 is 2. The summed E-state index contributed by atoms with van der Waals surface area (Å²) in [6, 6.07) is 1.31. The largest absolute Gasteiger partial charge is 0.384 e. The number of likely N-dealkylation sites (tertiary alicyclic amines) is 1. The van der Waals surface area contributed by atoms with Crippen LogP contribution in [0.15, 0.2) is 0 Å². The van der Waals surface area contributed by atoms with E-state index in [-0.39, 0.29) is 0 Å². The van der Waals surface area contributed by atoms with Crippen molar-refractivity contribution in [3.05, 3.63) is 0 Å². The summed E-state index contributed by atoms with van der Waals surface area (Å²) in [5.74, 6) is 0.709. The zero-order chi connectivity index (χ0) is 12.1. The first-order valence-electron chi connectivity index (χ1n) is 6.78. The van der Waals surface area contributed by atoms with Gasteiger partial charge in [0, 0.05) is 39.4 Å². The molecule has 1 N–H and O–H groups in total. The van der Waals surface area contributed by atoms with Crippen LogP contribution in [0, 0.1) is 5.92 Å². The van der Waals surface area contributed by atoms with Gasteiger partial charge in [0.05, 0.1) is 13.2 Å². The topological polar surface area (TPSA) is 33.7 Å². The summed E-state index contributed by atoms with van der Waals surface area (Å²) in [4.78, 5) is 2.56. The summed E-state index contributed by atoms with van der Waals surface area (Å²) in [6.07, 6.45) is 3.97. The molecule has 1 aliphatic carbocycles. The van der Waals surface area contributed by atoms with E-state index in [1.807, 2.05) is 0 Å². The molecule has 4 heteroatoms. The Bertz CT molecular complexity index is 221. The van der Waals surface area contributed by atoms with E-state index < -0.39 is 0 Å².